The predicted octanol–water partition coefficient (Wildman–Crippen LogP) is 4.61. The van der Waals surface area contributed by atoms with Crippen LogP contribution >= 0.6 is 11.6 Å². The molecule has 5 rings (SSSR count). The van der Waals surface area contributed by atoms with Crippen LogP contribution in [0.1, 0.15) is 24.1 Å². The van der Waals surface area contributed by atoms with Crippen molar-refractivity contribution < 1.29 is 0 Å². The molecule has 0 aromatic carbocycles. The lowest BCUT2D eigenvalue weighted by Gasteiger charge is -2.33. The second-order valence-corrected chi connectivity index (χ2v) is 8.56. The van der Waals surface area contributed by atoms with E-state index < -0.39 is 0 Å². The third-order valence-electron chi connectivity index (χ3n) is 5.75. The van der Waals surface area contributed by atoms with Crippen LogP contribution in [0.2, 0.25) is 5.02 Å². The number of anilines is 4. The molecule has 8 nitrogen and oxygen atoms in total. The van der Waals surface area contributed by atoms with Crippen LogP contribution < -0.4 is 15.5 Å². The molecule has 0 aliphatic carbocycles. The zero-order valence-corrected chi connectivity index (χ0v) is 18.8. The summed E-state index contributed by atoms with van der Waals surface area (Å²) in [5.41, 5.74) is 4.00. The Morgan fingerprint density at radius 2 is 1.84 bits per heavy atom. The first-order valence-corrected chi connectivity index (χ1v) is 11.1. The van der Waals surface area contributed by atoms with Gasteiger partial charge in [-0.05, 0) is 44.4 Å². The number of pyridine rings is 2. The number of imidazole rings is 1. The highest BCUT2D eigenvalue weighted by Gasteiger charge is 2.21. The van der Waals surface area contributed by atoms with Crippen molar-refractivity contribution in [3.05, 3.63) is 65.3 Å². The largest absolute Gasteiger partial charge is 0.366 e. The molecule has 1 saturated heterocycles. The first-order chi connectivity index (χ1) is 15.5. The van der Waals surface area contributed by atoms with Gasteiger partial charge in [0.15, 0.2) is 5.82 Å². The number of aromatic nitrogens is 5. The van der Waals surface area contributed by atoms with E-state index in [2.05, 4.69) is 54.5 Å². The Balaban J connectivity index is 1.24. The van der Waals surface area contributed by atoms with E-state index in [9.17, 15) is 0 Å². The molecule has 1 aliphatic rings. The summed E-state index contributed by atoms with van der Waals surface area (Å²) >= 11 is 6.39. The van der Waals surface area contributed by atoms with Crippen molar-refractivity contribution in [3.63, 3.8) is 0 Å². The molecule has 0 amide bonds. The number of hydrogen-bond donors (Lipinski definition) is 2. The number of aryl methyl sites for hydroxylation is 2. The number of nitrogens with one attached hydrogen (secondary N) is 2. The highest BCUT2D eigenvalue weighted by Crippen LogP contribution is 2.26. The summed E-state index contributed by atoms with van der Waals surface area (Å²) in [6, 6.07) is 8.42. The van der Waals surface area contributed by atoms with Crippen LogP contribution in [0.5, 0.6) is 0 Å². The molecular weight excluding hydrogens is 424 g/mol. The van der Waals surface area contributed by atoms with Crippen LogP contribution in [-0.4, -0.2) is 43.5 Å². The van der Waals surface area contributed by atoms with Gasteiger partial charge < -0.3 is 19.9 Å². The van der Waals surface area contributed by atoms with Crippen molar-refractivity contribution in [1.82, 2.24) is 24.3 Å². The monoisotopic (exact) mass is 448 g/mol. The highest BCUT2D eigenvalue weighted by atomic mass is 35.5. The van der Waals surface area contributed by atoms with E-state index in [-0.39, 0.29) is 0 Å². The summed E-state index contributed by atoms with van der Waals surface area (Å²) in [5, 5.41) is 7.27. The first kappa shape index (κ1) is 20.5. The lowest BCUT2D eigenvalue weighted by atomic mass is 10.0. The zero-order valence-electron chi connectivity index (χ0n) is 18.1. The fraction of sp³-hybridized carbons (Fsp3) is 0.304. The fourth-order valence-corrected chi connectivity index (χ4v) is 4.08. The highest BCUT2D eigenvalue weighted by molar-refractivity contribution is 6.32. The molecule has 4 aromatic rings. The van der Waals surface area contributed by atoms with E-state index in [0.717, 1.165) is 48.8 Å². The molecule has 164 valence electrons. The number of fused-ring (bicyclic) bond motifs is 1. The fourth-order valence-electron chi connectivity index (χ4n) is 3.94. The maximum atomic E-state index is 6.39. The first-order valence-electron chi connectivity index (χ1n) is 10.7. The minimum Gasteiger partial charge on any atom is -0.366 e. The Morgan fingerprint density at radius 1 is 1.00 bits per heavy atom. The Bertz CT molecular complexity index is 1230. The van der Waals surface area contributed by atoms with Gasteiger partial charge in [-0.25, -0.2) is 15.0 Å². The molecule has 0 radical (unpaired) electrons. The lowest BCUT2D eigenvalue weighted by Crippen LogP contribution is -2.39. The van der Waals surface area contributed by atoms with Crippen LogP contribution in [0.3, 0.4) is 0 Å². The zero-order chi connectivity index (χ0) is 22.1. The number of piperidine rings is 1. The Morgan fingerprint density at radius 3 is 2.62 bits per heavy atom. The minimum atomic E-state index is 0.293. The summed E-state index contributed by atoms with van der Waals surface area (Å²) in [6.07, 6.45) is 9.33. The van der Waals surface area contributed by atoms with Gasteiger partial charge in [-0.2, -0.15) is 4.98 Å². The van der Waals surface area contributed by atoms with Gasteiger partial charge in [-0.15, -0.1) is 0 Å². The van der Waals surface area contributed by atoms with Crippen molar-refractivity contribution in [1.29, 1.82) is 0 Å². The van der Waals surface area contributed by atoms with Crippen LogP contribution in [0.4, 0.5) is 23.3 Å². The van der Waals surface area contributed by atoms with Crippen molar-refractivity contribution in [3.8, 4) is 0 Å². The summed E-state index contributed by atoms with van der Waals surface area (Å²) in [5.74, 6) is 2.17. The molecule has 0 bridgehead atoms. The maximum absolute atomic E-state index is 6.39. The molecule has 5 heterocycles. The average molecular weight is 449 g/mol. The lowest BCUT2D eigenvalue weighted by molar-refractivity contribution is 0.522. The molecular formula is C23H25ClN8. The average Bonchev–Trinajstić information content (AvgIpc) is 3.17. The third kappa shape index (κ3) is 4.31. The van der Waals surface area contributed by atoms with Gasteiger partial charge >= 0.3 is 0 Å². The van der Waals surface area contributed by atoms with Crippen molar-refractivity contribution in [2.75, 3.05) is 28.6 Å². The van der Waals surface area contributed by atoms with E-state index in [1.54, 1.807) is 6.20 Å². The number of hydrogen-bond acceptors (Lipinski definition) is 7. The maximum Gasteiger partial charge on any atom is 0.229 e. The van der Waals surface area contributed by atoms with Gasteiger partial charge in [0.2, 0.25) is 5.95 Å². The Hall–Kier alpha value is -3.39. The van der Waals surface area contributed by atoms with Gasteiger partial charge in [-0.1, -0.05) is 17.7 Å². The van der Waals surface area contributed by atoms with Crippen molar-refractivity contribution in [2.24, 2.45) is 0 Å². The standard InChI is InChI=1S/C23H25ClN8/c1-15-3-4-20(25-12-15)31-8-5-17(6-9-31)28-22-19(24)14-27-23(30-22)29-18-7-10-32-16(2)13-26-21(32)11-18/h3-4,7,10-14,17H,5-6,8-9H2,1-2H3,(H2,27,28,29,30). The molecule has 4 aromatic heterocycles. The van der Waals surface area contributed by atoms with E-state index >= 15 is 0 Å². The molecule has 0 saturated carbocycles. The van der Waals surface area contributed by atoms with Crippen LogP contribution in [-0.2, 0) is 0 Å². The number of rotatable bonds is 5. The molecule has 1 aliphatic heterocycles. The second kappa shape index (κ2) is 8.63. The van der Waals surface area contributed by atoms with E-state index in [0.29, 0.717) is 22.8 Å². The van der Waals surface area contributed by atoms with Crippen LogP contribution in [0.15, 0.2) is 49.1 Å². The molecule has 0 unspecified atom stereocenters. The summed E-state index contributed by atoms with van der Waals surface area (Å²) in [6.45, 7) is 5.95. The van der Waals surface area contributed by atoms with Gasteiger partial charge in [0.1, 0.15) is 16.5 Å². The molecule has 32 heavy (non-hydrogen) atoms. The Labute approximate surface area is 191 Å². The van der Waals surface area contributed by atoms with Gasteiger partial charge in [0.25, 0.3) is 0 Å². The SMILES string of the molecule is Cc1ccc(N2CCC(Nc3nc(Nc4ccn5c(C)cnc5c4)ncc3Cl)CC2)nc1. The van der Waals surface area contributed by atoms with E-state index in [1.165, 1.54) is 5.56 Å². The second-order valence-electron chi connectivity index (χ2n) is 8.16. The molecule has 9 heteroatoms. The smallest absolute Gasteiger partial charge is 0.229 e. The molecule has 2 N–H and O–H groups in total. The van der Waals surface area contributed by atoms with Gasteiger partial charge in [0, 0.05) is 55.2 Å². The third-order valence-corrected chi connectivity index (χ3v) is 6.03. The number of nitrogens with zero attached hydrogens (tertiary/aromatic N) is 6. The Kier molecular flexibility index (Phi) is 5.53. The van der Waals surface area contributed by atoms with Crippen LogP contribution in [0.25, 0.3) is 5.65 Å². The van der Waals surface area contributed by atoms with Crippen molar-refractivity contribution >= 4 is 40.5 Å². The number of halogens is 1. The van der Waals surface area contributed by atoms with E-state index in [1.807, 2.05) is 42.0 Å². The van der Waals surface area contributed by atoms with Gasteiger partial charge in [-0.3, -0.25) is 0 Å². The summed E-state index contributed by atoms with van der Waals surface area (Å²) < 4.78 is 2.03. The minimum absolute atomic E-state index is 0.293. The van der Waals surface area contributed by atoms with E-state index in [4.69, 9.17) is 11.6 Å². The summed E-state index contributed by atoms with van der Waals surface area (Å²) in [7, 11) is 0. The molecule has 1 fully saturated rings. The topological polar surface area (TPSA) is 83.3 Å². The predicted molar refractivity (Wildman–Crippen MR) is 128 cm³/mol. The molecule has 0 atom stereocenters. The molecule has 0 spiro atoms. The van der Waals surface area contributed by atoms with Crippen molar-refractivity contribution in [2.45, 2.75) is 32.7 Å². The normalized spacial score (nSPS) is 14.7. The van der Waals surface area contributed by atoms with Crippen LogP contribution in [0, 0.1) is 13.8 Å². The van der Waals surface area contributed by atoms with Gasteiger partial charge in [0.05, 0.1) is 6.20 Å². The quantitative estimate of drug-likeness (QED) is 0.461. The summed E-state index contributed by atoms with van der Waals surface area (Å²) in [4.78, 5) is 20.2.